The van der Waals surface area contributed by atoms with Gasteiger partial charge in [-0.25, -0.2) is 0 Å². The summed E-state index contributed by atoms with van der Waals surface area (Å²) in [7, 11) is 2.28. The van der Waals surface area contributed by atoms with E-state index in [1.54, 1.807) is 0 Å². The minimum Gasteiger partial charge on any atom is -0.330 e. The number of likely N-dealkylation sites (N-methyl/N-ethyl adjacent to an activating group) is 1. The summed E-state index contributed by atoms with van der Waals surface area (Å²) >= 11 is 0. The Hall–Kier alpha value is -0.120. The summed E-state index contributed by atoms with van der Waals surface area (Å²) in [6, 6.07) is 2.25. The number of rotatable bonds is 3. The standard InChI is InChI=1S/C15H31N3/c1-13-9-11-18(14-6-4-3-5-7-14)15(8-10-16)12-17(13)2/h13-15H,3-12,16H2,1-2H3. The highest BCUT2D eigenvalue weighted by Gasteiger charge is 2.31. The SMILES string of the molecule is CC1CCN(C2CCCCC2)C(CCN)CN1C. The molecule has 0 bridgehead atoms. The monoisotopic (exact) mass is 253 g/mol. The fourth-order valence-electron chi connectivity index (χ4n) is 3.70. The van der Waals surface area contributed by atoms with Gasteiger partial charge in [-0.2, -0.15) is 0 Å². The molecule has 1 aliphatic carbocycles. The maximum Gasteiger partial charge on any atom is 0.0238 e. The summed E-state index contributed by atoms with van der Waals surface area (Å²) < 4.78 is 0. The summed E-state index contributed by atoms with van der Waals surface area (Å²) in [5.41, 5.74) is 5.84. The molecule has 1 aliphatic heterocycles. The minimum absolute atomic E-state index is 0.688. The Bertz CT molecular complexity index is 238. The molecule has 2 fully saturated rings. The molecule has 2 aliphatic rings. The normalized spacial score (nSPS) is 33.5. The molecule has 3 nitrogen and oxygen atoms in total. The summed E-state index contributed by atoms with van der Waals surface area (Å²) in [5.74, 6) is 0. The fourth-order valence-corrected chi connectivity index (χ4v) is 3.70. The van der Waals surface area contributed by atoms with Gasteiger partial charge in [-0.3, -0.25) is 4.90 Å². The van der Waals surface area contributed by atoms with Gasteiger partial charge in [-0.15, -0.1) is 0 Å². The van der Waals surface area contributed by atoms with Gasteiger partial charge >= 0.3 is 0 Å². The van der Waals surface area contributed by atoms with Crippen molar-refractivity contribution in [3.05, 3.63) is 0 Å². The third-order valence-corrected chi connectivity index (χ3v) is 5.07. The second-order valence-corrected chi connectivity index (χ2v) is 6.34. The van der Waals surface area contributed by atoms with Gasteiger partial charge in [0.15, 0.2) is 0 Å². The van der Waals surface area contributed by atoms with Crippen LogP contribution < -0.4 is 5.73 Å². The van der Waals surface area contributed by atoms with Crippen LogP contribution in [0.25, 0.3) is 0 Å². The summed E-state index contributed by atoms with van der Waals surface area (Å²) in [5, 5.41) is 0. The zero-order valence-electron chi connectivity index (χ0n) is 12.3. The van der Waals surface area contributed by atoms with Crippen LogP contribution in [0.4, 0.5) is 0 Å². The Morgan fingerprint density at radius 1 is 1.11 bits per heavy atom. The van der Waals surface area contributed by atoms with Crippen molar-refractivity contribution >= 4 is 0 Å². The van der Waals surface area contributed by atoms with Crippen molar-refractivity contribution in [2.24, 2.45) is 5.73 Å². The van der Waals surface area contributed by atoms with Gasteiger partial charge in [-0.1, -0.05) is 19.3 Å². The lowest BCUT2D eigenvalue weighted by Gasteiger charge is -2.39. The first-order valence-corrected chi connectivity index (χ1v) is 7.88. The molecule has 2 rings (SSSR count). The average molecular weight is 253 g/mol. The van der Waals surface area contributed by atoms with Crippen LogP contribution in [0, 0.1) is 0 Å². The molecule has 0 aromatic heterocycles. The second-order valence-electron chi connectivity index (χ2n) is 6.34. The van der Waals surface area contributed by atoms with E-state index in [0.717, 1.165) is 25.0 Å². The predicted molar refractivity (Wildman–Crippen MR) is 77.7 cm³/mol. The lowest BCUT2D eigenvalue weighted by molar-refractivity contribution is 0.0991. The zero-order chi connectivity index (χ0) is 13.0. The topological polar surface area (TPSA) is 32.5 Å². The summed E-state index contributed by atoms with van der Waals surface area (Å²) in [6.07, 6.45) is 9.62. The molecule has 0 radical (unpaired) electrons. The lowest BCUT2D eigenvalue weighted by Crippen LogP contribution is -2.47. The predicted octanol–water partition coefficient (Wildman–Crippen LogP) is 2.06. The molecule has 106 valence electrons. The maximum absolute atomic E-state index is 5.84. The molecule has 1 heterocycles. The smallest absolute Gasteiger partial charge is 0.0238 e. The molecule has 1 saturated heterocycles. The second kappa shape index (κ2) is 6.88. The van der Waals surface area contributed by atoms with Crippen molar-refractivity contribution in [2.75, 3.05) is 26.7 Å². The van der Waals surface area contributed by atoms with Crippen LogP contribution in [0.1, 0.15) is 51.9 Å². The first-order chi connectivity index (χ1) is 8.72. The molecule has 2 unspecified atom stereocenters. The van der Waals surface area contributed by atoms with E-state index in [0.29, 0.717) is 6.04 Å². The maximum atomic E-state index is 5.84. The van der Waals surface area contributed by atoms with Gasteiger partial charge in [0.1, 0.15) is 0 Å². The molecule has 3 heteroatoms. The van der Waals surface area contributed by atoms with E-state index in [9.17, 15) is 0 Å². The molecule has 0 spiro atoms. The van der Waals surface area contributed by atoms with Crippen molar-refractivity contribution in [1.82, 2.24) is 9.80 Å². The Morgan fingerprint density at radius 2 is 1.83 bits per heavy atom. The fraction of sp³-hybridized carbons (Fsp3) is 1.00. The Balaban J connectivity index is 2.03. The third kappa shape index (κ3) is 3.46. The van der Waals surface area contributed by atoms with E-state index in [1.807, 2.05) is 0 Å². The van der Waals surface area contributed by atoms with E-state index in [1.165, 1.54) is 51.6 Å². The van der Waals surface area contributed by atoms with Crippen LogP contribution in [0.15, 0.2) is 0 Å². The Labute approximate surface area is 113 Å². The van der Waals surface area contributed by atoms with Crippen molar-refractivity contribution in [3.8, 4) is 0 Å². The van der Waals surface area contributed by atoms with Crippen molar-refractivity contribution in [1.29, 1.82) is 0 Å². The number of hydrogen-bond donors (Lipinski definition) is 1. The highest BCUT2D eigenvalue weighted by molar-refractivity contribution is 4.87. The van der Waals surface area contributed by atoms with Gasteiger partial charge in [-0.05, 0) is 46.2 Å². The number of nitrogens with zero attached hydrogens (tertiary/aromatic N) is 2. The van der Waals surface area contributed by atoms with Crippen LogP contribution in [0.3, 0.4) is 0 Å². The number of nitrogens with two attached hydrogens (primary N) is 1. The van der Waals surface area contributed by atoms with Gasteiger partial charge in [0.25, 0.3) is 0 Å². The Kier molecular flexibility index (Phi) is 5.46. The third-order valence-electron chi connectivity index (χ3n) is 5.07. The van der Waals surface area contributed by atoms with Crippen LogP contribution in [-0.2, 0) is 0 Å². The molecule has 1 saturated carbocycles. The average Bonchev–Trinajstić information content (AvgIpc) is 2.52. The Morgan fingerprint density at radius 3 is 2.50 bits per heavy atom. The molecular formula is C15H31N3. The minimum atomic E-state index is 0.688. The molecule has 0 amide bonds. The van der Waals surface area contributed by atoms with Crippen molar-refractivity contribution < 1.29 is 0 Å². The van der Waals surface area contributed by atoms with E-state index < -0.39 is 0 Å². The number of hydrogen-bond acceptors (Lipinski definition) is 3. The van der Waals surface area contributed by atoms with E-state index >= 15 is 0 Å². The molecule has 0 aromatic carbocycles. The molecule has 18 heavy (non-hydrogen) atoms. The van der Waals surface area contributed by atoms with Crippen LogP contribution >= 0.6 is 0 Å². The van der Waals surface area contributed by atoms with Crippen LogP contribution in [0.2, 0.25) is 0 Å². The molecule has 0 aromatic rings. The molecular weight excluding hydrogens is 222 g/mol. The van der Waals surface area contributed by atoms with E-state index in [-0.39, 0.29) is 0 Å². The van der Waals surface area contributed by atoms with Crippen LogP contribution in [0.5, 0.6) is 0 Å². The van der Waals surface area contributed by atoms with E-state index in [4.69, 9.17) is 5.73 Å². The van der Waals surface area contributed by atoms with E-state index in [2.05, 4.69) is 23.8 Å². The quantitative estimate of drug-likeness (QED) is 0.835. The summed E-state index contributed by atoms with van der Waals surface area (Å²) in [6.45, 7) is 5.68. The zero-order valence-corrected chi connectivity index (χ0v) is 12.3. The highest BCUT2D eigenvalue weighted by atomic mass is 15.3. The first kappa shape index (κ1) is 14.3. The van der Waals surface area contributed by atoms with Crippen LogP contribution in [-0.4, -0.2) is 54.6 Å². The van der Waals surface area contributed by atoms with Gasteiger partial charge in [0, 0.05) is 31.2 Å². The van der Waals surface area contributed by atoms with Gasteiger partial charge < -0.3 is 10.6 Å². The van der Waals surface area contributed by atoms with Crippen molar-refractivity contribution in [2.45, 2.75) is 70.0 Å². The van der Waals surface area contributed by atoms with Crippen molar-refractivity contribution in [3.63, 3.8) is 0 Å². The lowest BCUT2D eigenvalue weighted by atomic mass is 9.92. The van der Waals surface area contributed by atoms with Gasteiger partial charge in [0.05, 0.1) is 0 Å². The molecule has 2 atom stereocenters. The summed E-state index contributed by atoms with van der Waals surface area (Å²) in [4.78, 5) is 5.34. The first-order valence-electron chi connectivity index (χ1n) is 7.88. The highest BCUT2D eigenvalue weighted by Crippen LogP contribution is 2.27. The largest absolute Gasteiger partial charge is 0.330 e. The molecule has 2 N–H and O–H groups in total. The van der Waals surface area contributed by atoms with Gasteiger partial charge in [0.2, 0.25) is 0 Å².